The van der Waals surface area contributed by atoms with Crippen molar-refractivity contribution in [1.82, 2.24) is 9.97 Å². The Labute approximate surface area is 201 Å². The monoisotopic (exact) mass is 521 g/mol. The standard InChI is InChI=1S/C20H18ClF3N2O3S2.CH5N/c1-30-12(9-29-8-11-5-3-2-4-6-11)10-31-17-15(21)14(20(22,23)24)7-13-16(17)25-19(28)26-18(13)27;1-2/h2-7,12H,8-10H2,1H3,(H2,25,26,27,28);2H2,1H3. The zero-order chi connectivity index (χ0) is 24.6. The van der Waals surface area contributed by atoms with Gasteiger partial charge in [-0.15, -0.1) is 11.8 Å². The largest absolute Gasteiger partial charge is 0.417 e. The number of nitrogens with one attached hydrogen (secondary N) is 2. The normalized spacial score (nSPS) is 12.3. The summed E-state index contributed by atoms with van der Waals surface area (Å²) in [4.78, 5) is 28.2. The van der Waals surface area contributed by atoms with Crippen molar-refractivity contribution in [3.63, 3.8) is 0 Å². The molecule has 12 heteroatoms. The molecule has 0 aliphatic heterocycles. The molecule has 1 atom stereocenters. The Bertz CT molecular complexity index is 1170. The summed E-state index contributed by atoms with van der Waals surface area (Å²) in [6.07, 6.45) is -2.88. The van der Waals surface area contributed by atoms with E-state index in [9.17, 15) is 22.8 Å². The van der Waals surface area contributed by atoms with E-state index >= 15 is 0 Å². The SMILES string of the molecule is CN.CSC(COCc1ccccc1)CSc1c(Cl)c(C(F)(F)F)cc2c(=O)[nH]c(=O)[nH]c12. The number of H-pyrrole nitrogens is 2. The number of benzene rings is 2. The molecule has 0 fully saturated rings. The van der Waals surface area contributed by atoms with Gasteiger partial charge in [0, 0.05) is 11.0 Å². The molecule has 0 aliphatic carbocycles. The number of fused-ring (bicyclic) bond motifs is 1. The van der Waals surface area contributed by atoms with Crippen LogP contribution in [0.2, 0.25) is 5.02 Å². The Hall–Kier alpha value is -1.92. The van der Waals surface area contributed by atoms with Gasteiger partial charge in [0.15, 0.2) is 0 Å². The third kappa shape index (κ3) is 7.28. The van der Waals surface area contributed by atoms with Gasteiger partial charge in [0.2, 0.25) is 0 Å². The van der Waals surface area contributed by atoms with Crippen molar-refractivity contribution in [3.05, 3.63) is 73.4 Å². The second kappa shape index (κ2) is 12.5. The Balaban J connectivity index is 0.00000187. The predicted octanol–water partition coefficient (Wildman–Crippen LogP) is 4.50. The first-order valence-corrected chi connectivity index (χ1v) is 12.3. The first-order valence-electron chi connectivity index (χ1n) is 9.61. The topological polar surface area (TPSA) is 101 Å². The molecule has 3 rings (SSSR count). The van der Waals surface area contributed by atoms with Crippen molar-refractivity contribution < 1.29 is 17.9 Å². The zero-order valence-corrected chi connectivity index (χ0v) is 20.2. The summed E-state index contributed by atoms with van der Waals surface area (Å²) in [5.74, 6) is 0.362. The lowest BCUT2D eigenvalue weighted by Crippen LogP contribution is -2.23. The van der Waals surface area contributed by atoms with Crippen LogP contribution in [0.5, 0.6) is 0 Å². The highest BCUT2D eigenvalue weighted by Crippen LogP contribution is 2.42. The lowest BCUT2D eigenvalue weighted by atomic mass is 10.1. The Morgan fingerprint density at radius 2 is 1.82 bits per heavy atom. The molecule has 6 nitrogen and oxygen atoms in total. The van der Waals surface area contributed by atoms with Crippen molar-refractivity contribution in [1.29, 1.82) is 0 Å². The van der Waals surface area contributed by atoms with Gasteiger partial charge in [-0.3, -0.25) is 9.78 Å². The molecule has 0 saturated carbocycles. The number of hydrogen-bond acceptors (Lipinski definition) is 6. The molecule has 0 amide bonds. The number of aromatic amines is 2. The summed E-state index contributed by atoms with van der Waals surface area (Å²) < 4.78 is 46.1. The van der Waals surface area contributed by atoms with Crippen LogP contribution in [0, 0.1) is 0 Å². The summed E-state index contributed by atoms with van der Waals surface area (Å²) in [5, 5.41) is -0.876. The maximum atomic E-state index is 13.5. The van der Waals surface area contributed by atoms with E-state index in [1.165, 1.54) is 18.8 Å². The van der Waals surface area contributed by atoms with Gasteiger partial charge < -0.3 is 15.5 Å². The molecule has 1 heterocycles. The zero-order valence-electron chi connectivity index (χ0n) is 17.8. The van der Waals surface area contributed by atoms with Gasteiger partial charge in [0.1, 0.15) is 0 Å². The van der Waals surface area contributed by atoms with E-state index in [0.29, 0.717) is 25.0 Å². The van der Waals surface area contributed by atoms with E-state index in [0.717, 1.165) is 17.3 Å². The van der Waals surface area contributed by atoms with Crippen molar-refractivity contribution in [2.45, 2.75) is 22.9 Å². The summed E-state index contributed by atoms with van der Waals surface area (Å²) in [6, 6.07) is 10.2. The fourth-order valence-electron chi connectivity index (χ4n) is 2.84. The van der Waals surface area contributed by atoms with E-state index < -0.39 is 28.0 Å². The molecular formula is C21H23ClF3N3O3S2. The molecule has 0 radical (unpaired) electrons. The van der Waals surface area contributed by atoms with Crippen LogP contribution in [0.15, 0.2) is 50.9 Å². The van der Waals surface area contributed by atoms with E-state index in [-0.39, 0.29) is 21.0 Å². The van der Waals surface area contributed by atoms with Gasteiger partial charge in [-0.25, -0.2) is 4.79 Å². The number of rotatable bonds is 8. The maximum absolute atomic E-state index is 13.5. The smallest absolute Gasteiger partial charge is 0.376 e. The summed E-state index contributed by atoms with van der Waals surface area (Å²) >= 11 is 8.62. The molecule has 33 heavy (non-hydrogen) atoms. The van der Waals surface area contributed by atoms with Crippen molar-refractivity contribution in [2.24, 2.45) is 5.73 Å². The highest BCUT2D eigenvalue weighted by atomic mass is 35.5. The van der Waals surface area contributed by atoms with Crippen LogP contribution >= 0.6 is 35.1 Å². The van der Waals surface area contributed by atoms with Crippen LogP contribution in [0.25, 0.3) is 10.9 Å². The minimum absolute atomic E-state index is 0.0109. The van der Waals surface area contributed by atoms with E-state index in [2.05, 4.69) is 10.7 Å². The second-order valence-corrected chi connectivity index (χ2v) is 9.11. The number of aromatic nitrogens is 2. The molecular weight excluding hydrogens is 499 g/mol. The summed E-state index contributed by atoms with van der Waals surface area (Å²) in [5.41, 5.74) is 2.65. The lowest BCUT2D eigenvalue weighted by Gasteiger charge is -2.18. The second-order valence-electron chi connectivity index (χ2n) is 6.57. The highest BCUT2D eigenvalue weighted by molar-refractivity contribution is 8.03. The highest BCUT2D eigenvalue weighted by Gasteiger charge is 2.35. The molecule has 2 aromatic carbocycles. The summed E-state index contributed by atoms with van der Waals surface area (Å²) in [6.45, 7) is 0.785. The molecule has 0 bridgehead atoms. The van der Waals surface area contributed by atoms with Crippen LogP contribution in [0.3, 0.4) is 0 Å². The van der Waals surface area contributed by atoms with E-state index in [1.54, 1.807) is 0 Å². The molecule has 3 aromatic rings. The summed E-state index contributed by atoms with van der Waals surface area (Å²) in [7, 11) is 1.50. The van der Waals surface area contributed by atoms with Crippen LogP contribution in [0.1, 0.15) is 11.1 Å². The fourth-order valence-corrected chi connectivity index (χ4v) is 5.23. The van der Waals surface area contributed by atoms with Crippen LogP contribution in [-0.2, 0) is 17.5 Å². The minimum Gasteiger partial charge on any atom is -0.376 e. The molecule has 0 aliphatic rings. The maximum Gasteiger partial charge on any atom is 0.417 e. The third-order valence-electron chi connectivity index (χ3n) is 4.40. The molecule has 1 unspecified atom stereocenters. The van der Waals surface area contributed by atoms with Crippen LogP contribution < -0.4 is 17.0 Å². The van der Waals surface area contributed by atoms with Crippen molar-refractivity contribution in [3.8, 4) is 0 Å². The number of nitrogens with two attached hydrogens (primary N) is 1. The number of ether oxygens (including phenoxy) is 1. The van der Waals surface area contributed by atoms with Gasteiger partial charge in [0.05, 0.1) is 39.6 Å². The fraction of sp³-hybridized carbons (Fsp3) is 0.333. The van der Waals surface area contributed by atoms with Gasteiger partial charge in [0.25, 0.3) is 5.56 Å². The van der Waals surface area contributed by atoms with Gasteiger partial charge in [-0.2, -0.15) is 24.9 Å². The quantitative estimate of drug-likeness (QED) is 0.377. The number of hydrogen-bond donors (Lipinski definition) is 3. The average molecular weight is 522 g/mol. The lowest BCUT2D eigenvalue weighted by molar-refractivity contribution is -0.137. The van der Waals surface area contributed by atoms with E-state index in [1.807, 2.05) is 41.6 Å². The average Bonchev–Trinajstić information content (AvgIpc) is 2.78. The van der Waals surface area contributed by atoms with Crippen LogP contribution in [0.4, 0.5) is 13.2 Å². The molecule has 1 aromatic heterocycles. The number of thioether (sulfide) groups is 2. The molecule has 0 saturated heterocycles. The first-order chi connectivity index (χ1) is 15.7. The van der Waals surface area contributed by atoms with Gasteiger partial charge in [-0.05, 0) is 24.9 Å². The van der Waals surface area contributed by atoms with Crippen LogP contribution in [-0.4, -0.2) is 40.9 Å². The number of halogens is 4. The van der Waals surface area contributed by atoms with Gasteiger partial charge >= 0.3 is 11.9 Å². The van der Waals surface area contributed by atoms with Crippen molar-refractivity contribution >= 4 is 46.0 Å². The molecule has 0 spiro atoms. The molecule has 180 valence electrons. The Morgan fingerprint density at radius 1 is 1.15 bits per heavy atom. The van der Waals surface area contributed by atoms with Gasteiger partial charge in [-0.1, -0.05) is 41.9 Å². The number of alkyl halides is 3. The third-order valence-corrected chi connectivity index (χ3v) is 7.35. The van der Waals surface area contributed by atoms with Crippen molar-refractivity contribution in [2.75, 3.05) is 25.7 Å². The first kappa shape index (κ1) is 27.3. The predicted molar refractivity (Wildman–Crippen MR) is 129 cm³/mol. The Kier molecular flexibility index (Phi) is 10.4. The Morgan fingerprint density at radius 3 is 2.42 bits per heavy atom. The van der Waals surface area contributed by atoms with E-state index in [4.69, 9.17) is 16.3 Å². The minimum atomic E-state index is -4.75. The molecule has 4 N–H and O–H groups in total.